The van der Waals surface area contributed by atoms with Crippen molar-refractivity contribution in [2.24, 2.45) is 0 Å². The minimum atomic E-state index is -0.113. The molecule has 0 bridgehead atoms. The van der Waals surface area contributed by atoms with Crippen LogP contribution in [0.1, 0.15) is 12.5 Å². The zero-order valence-electron chi connectivity index (χ0n) is 13.5. The Kier molecular flexibility index (Phi) is 5.78. The van der Waals surface area contributed by atoms with Crippen molar-refractivity contribution in [1.82, 2.24) is 14.9 Å². The quantitative estimate of drug-likeness (QED) is 0.515. The van der Waals surface area contributed by atoms with Crippen molar-refractivity contribution < 1.29 is 4.79 Å². The first-order valence-corrected chi connectivity index (χ1v) is 9.95. The van der Waals surface area contributed by atoms with Gasteiger partial charge in [-0.25, -0.2) is 4.98 Å². The topological polar surface area (TPSA) is 64.0 Å². The molecule has 1 N–H and O–H groups in total. The van der Waals surface area contributed by atoms with Crippen molar-refractivity contribution in [3.8, 4) is 0 Å². The molecule has 5 nitrogen and oxygen atoms in total. The highest BCUT2D eigenvalue weighted by Crippen LogP contribution is 2.23. The Morgan fingerprint density at radius 3 is 2.92 bits per heavy atom. The number of benzene rings is 1. The third-order valence-corrected chi connectivity index (χ3v) is 5.76. The maximum atomic E-state index is 12.9. The molecule has 3 rings (SSSR count). The second-order valence-corrected chi connectivity index (χ2v) is 7.52. The molecule has 130 valence electrons. The lowest BCUT2D eigenvalue weighted by molar-refractivity contribution is -0.118. The van der Waals surface area contributed by atoms with Crippen molar-refractivity contribution in [3.05, 3.63) is 56.7 Å². The Hall–Kier alpha value is -1.83. The minimum Gasteiger partial charge on any atom is -0.356 e. The van der Waals surface area contributed by atoms with Crippen LogP contribution in [0.25, 0.3) is 10.2 Å². The molecule has 0 fully saturated rings. The predicted octanol–water partition coefficient (Wildman–Crippen LogP) is 3.39. The van der Waals surface area contributed by atoms with Crippen LogP contribution in [0.15, 0.2) is 45.7 Å². The number of hydrogen-bond donors (Lipinski definition) is 1. The van der Waals surface area contributed by atoms with Gasteiger partial charge in [-0.15, -0.1) is 11.3 Å². The molecule has 25 heavy (non-hydrogen) atoms. The van der Waals surface area contributed by atoms with Crippen molar-refractivity contribution in [3.63, 3.8) is 0 Å². The number of aromatic nitrogens is 2. The molecule has 0 aliphatic heterocycles. The Morgan fingerprint density at radius 1 is 1.36 bits per heavy atom. The van der Waals surface area contributed by atoms with Gasteiger partial charge in [0.25, 0.3) is 5.56 Å². The first-order valence-electron chi connectivity index (χ1n) is 7.71. The summed E-state index contributed by atoms with van der Waals surface area (Å²) in [7, 11) is 0. The number of hydrogen-bond acceptors (Lipinski definition) is 5. The molecule has 2 heterocycles. The van der Waals surface area contributed by atoms with Crippen LogP contribution < -0.4 is 10.9 Å². The van der Waals surface area contributed by atoms with Gasteiger partial charge in [0.1, 0.15) is 4.70 Å². The Bertz CT molecular complexity index is 968. The number of thioether (sulfide) groups is 1. The predicted molar refractivity (Wildman–Crippen MR) is 104 cm³/mol. The monoisotopic (exact) mass is 393 g/mol. The number of rotatable bonds is 6. The van der Waals surface area contributed by atoms with Crippen LogP contribution in [0.5, 0.6) is 0 Å². The number of carbonyl (C=O) groups is 1. The zero-order chi connectivity index (χ0) is 17.8. The molecular weight excluding hydrogens is 378 g/mol. The van der Waals surface area contributed by atoms with Crippen LogP contribution in [0.3, 0.4) is 0 Å². The van der Waals surface area contributed by atoms with Gasteiger partial charge in [-0.05, 0) is 30.0 Å². The molecule has 0 radical (unpaired) electrons. The van der Waals surface area contributed by atoms with E-state index in [1.54, 1.807) is 10.6 Å². The standard InChI is InChI=1S/C17H16ClN3O2S2/c1-2-19-14(22)10-25-17-20-13-7-8-24-15(13)16(23)21(17)9-11-5-3-4-6-12(11)18/h3-8H,2,9-10H2,1H3,(H,19,22). The summed E-state index contributed by atoms with van der Waals surface area (Å²) in [5.74, 6) is 0.120. The van der Waals surface area contributed by atoms with E-state index in [4.69, 9.17) is 11.6 Å². The molecule has 1 amide bonds. The lowest BCUT2D eigenvalue weighted by Crippen LogP contribution is -2.26. The molecule has 0 spiro atoms. The first-order chi connectivity index (χ1) is 12.1. The Morgan fingerprint density at radius 2 is 2.16 bits per heavy atom. The van der Waals surface area contributed by atoms with E-state index in [2.05, 4.69) is 10.3 Å². The summed E-state index contributed by atoms with van der Waals surface area (Å²) >= 11 is 8.86. The lowest BCUT2D eigenvalue weighted by Gasteiger charge is -2.13. The fourth-order valence-corrected chi connectivity index (χ4v) is 4.15. The van der Waals surface area contributed by atoms with Gasteiger partial charge in [0.05, 0.1) is 17.8 Å². The van der Waals surface area contributed by atoms with Crippen LogP contribution in [0.4, 0.5) is 0 Å². The summed E-state index contributed by atoms with van der Waals surface area (Å²) in [6, 6.07) is 9.22. The van der Waals surface area contributed by atoms with Gasteiger partial charge in [0.2, 0.25) is 5.91 Å². The Labute approximate surface area is 158 Å². The molecule has 3 aromatic rings. The van der Waals surface area contributed by atoms with E-state index in [9.17, 15) is 9.59 Å². The van der Waals surface area contributed by atoms with E-state index >= 15 is 0 Å². The van der Waals surface area contributed by atoms with Gasteiger partial charge in [-0.3, -0.25) is 14.2 Å². The average Bonchev–Trinajstić information content (AvgIpc) is 3.06. The summed E-state index contributed by atoms with van der Waals surface area (Å²) in [5, 5.41) is 5.70. The Balaban J connectivity index is 2.00. The van der Waals surface area contributed by atoms with Gasteiger partial charge in [-0.2, -0.15) is 0 Å². The average molecular weight is 394 g/mol. The summed E-state index contributed by atoms with van der Waals surface area (Å²) in [6.45, 7) is 2.76. The highest BCUT2D eigenvalue weighted by Gasteiger charge is 2.15. The molecule has 0 unspecified atom stereocenters. The maximum absolute atomic E-state index is 12.9. The third kappa shape index (κ3) is 4.05. The number of fused-ring (bicyclic) bond motifs is 1. The number of nitrogens with zero attached hydrogens (tertiary/aromatic N) is 2. The van der Waals surface area contributed by atoms with Crippen LogP contribution in [-0.4, -0.2) is 27.8 Å². The van der Waals surface area contributed by atoms with Crippen molar-refractivity contribution in [2.75, 3.05) is 12.3 Å². The van der Waals surface area contributed by atoms with Crippen LogP contribution in [0, 0.1) is 0 Å². The zero-order valence-corrected chi connectivity index (χ0v) is 15.9. The van der Waals surface area contributed by atoms with Crippen LogP contribution >= 0.6 is 34.7 Å². The van der Waals surface area contributed by atoms with E-state index in [-0.39, 0.29) is 17.2 Å². The van der Waals surface area contributed by atoms with Gasteiger partial charge in [0.15, 0.2) is 5.16 Å². The molecule has 0 saturated carbocycles. The molecule has 0 aliphatic carbocycles. The van der Waals surface area contributed by atoms with Gasteiger partial charge < -0.3 is 5.32 Å². The van der Waals surface area contributed by atoms with E-state index in [1.807, 2.05) is 36.6 Å². The number of thiophene rings is 1. The first kappa shape index (κ1) is 18.0. The number of carbonyl (C=O) groups excluding carboxylic acids is 1. The molecule has 1 aromatic carbocycles. The van der Waals surface area contributed by atoms with Crippen molar-refractivity contribution >= 4 is 50.8 Å². The molecule has 0 aliphatic rings. The van der Waals surface area contributed by atoms with Crippen molar-refractivity contribution in [1.29, 1.82) is 0 Å². The fraction of sp³-hybridized carbons (Fsp3) is 0.235. The van der Waals surface area contributed by atoms with E-state index in [1.165, 1.54) is 23.1 Å². The molecule has 2 aromatic heterocycles. The van der Waals surface area contributed by atoms with Crippen LogP contribution in [-0.2, 0) is 11.3 Å². The minimum absolute atomic E-state index is 0.0866. The number of amides is 1. The second kappa shape index (κ2) is 8.03. The fourth-order valence-electron chi connectivity index (χ4n) is 2.35. The lowest BCUT2D eigenvalue weighted by atomic mass is 10.2. The third-order valence-electron chi connectivity index (χ3n) is 3.52. The maximum Gasteiger partial charge on any atom is 0.272 e. The van der Waals surface area contributed by atoms with Gasteiger partial charge in [0, 0.05) is 11.6 Å². The molecule has 0 atom stereocenters. The van der Waals surface area contributed by atoms with Crippen LogP contribution in [0.2, 0.25) is 5.02 Å². The summed E-state index contributed by atoms with van der Waals surface area (Å²) < 4.78 is 2.19. The largest absolute Gasteiger partial charge is 0.356 e. The second-order valence-electron chi connectivity index (χ2n) is 5.25. The van der Waals surface area contributed by atoms with E-state index < -0.39 is 0 Å². The van der Waals surface area contributed by atoms with Crippen molar-refractivity contribution in [2.45, 2.75) is 18.6 Å². The smallest absolute Gasteiger partial charge is 0.272 e. The number of halogens is 1. The summed E-state index contributed by atoms with van der Waals surface area (Å²) in [6.07, 6.45) is 0. The molecule has 0 saturated heterocycles. The van der Waals surface area contributed by atoms with E-state index in [0.29, 0.717) is 33.5 Å². The molecular formula is C17H16ClN3O2S2. The highest BCUT2D eigenvalue weighted by atomic mass is 35.5. The SMILES string of the molecule is CCNC(=O)CSc1nc2ccsc2c(=O)n1Cc1ccccc1Cl. The normalized spacial score (nSPS) is 11.0. The molecule has 8 heteroatoms. The van der Waals surface area contributed by atoms with E-state index in [0.717, 1.165) is 5.56 Å². The summed E-state index contributed by atoms with van der Waals surface area (Å²) in [4.78, 5) is 29.2. The highest BCUT2D eigenvalue weighted by molar-refractivity contribution is 7.99. The number of nitrogens with one attached hydrogen (secondary N) is 1. The van der Waals surface area contributed by atoms with Gasteiger partial charge in [-0.1, -0.05) is 41.6 Å². The van der Waals surface area contributed by atoms with Gasteiger partial charge >= 0.3 is 0 Å². The summed E-state index contributed by atoms with van der Waals surface area (Å²) in [5.41, 5.74) is 1.38.